The van der Waals surface area contributed by atoms with Gasteiger partial charge in [-0.05, 0) is 49.2 Å². The molecule has 0 aromatic heterocycles. The van der Waals surface area contributed by atoms with Gasteiger partial charge in [0.2, 0.25) is 11.8 Å². The van der Waals surface area contributed by atoms with Crippen molar-refractivity contribution in [3.8, 4) is 5.75 Å². The van der Waals surface area contributed by atoms with E-state index in [0.29, 0.717) is 23.5 Å². The van der Waals surface area contributed by atoms with E-state index in [2.05, 4.69) is 10.6 Å². The van der Waals surface area contributed by atoms with Crippen molar-refractivity contribution in [2.45, 2.75) is 13.3 Å². The van der Waals surface area contributed by atoms with E-state index in [4.69, 9.17) is 4.74 Å². The fraction of sp³-hybridized carbons (Fsp3) is 0.263. The van der Waals surface area contributed by atoms with Gasteiger partial charge >= 0.3 is 0 Å². The lowest BCUT2D eigenvalue weighted by atomic mass is 10.2. The largest absolute Gasteiger partial charge is 0.495 e. The predicted octanol–water partition coefficient (Wildman–Crippen LogP) is 3.36. The summed E-state index contributed by atoms with van der Waals surface area (Å²) in [6, 6.07) is 11.2. The lowest BCUT2D eigenvalue weighted by Crippen LogP contribution is -2.20. The number of aryl methyl sites for hydroxylation is 1. The average molecular weight is 342 g/mol. The van der Waals surface area contributed by atoms with E-state index in [1.54, 1.807) is 12.1 Å². The number of rotatable bonds is 5. The number of benzene rings is 2. The number of halogens is 1. The molecule has 1 saturated carbocycles. The summed E-state index contributed by atoms with van der Waals surface area (Å²) in [6.07, 6.45) is 0.473. The second-order valence-electron chi connectivity index (χ2n) is 6.14. The van der Waals surface area contributed by atoms with Gasteiger partial charge in [0.25, 0.3) is 0 Å². The molecule has 25 heavy (non-hydrogen) atoms. The van der Waals surface area contributed by atoms with Gasteiger partial charge in [0, 0.05) is 5.69 Å². The van der Waals surface area contributed by atoms with Gasteiger partial charge in [-0.15, -0.1) is 0 Å². The standard InChI is InChI=1S/C19H19FN2O3/c1-11-6-7-17(25-2)16(8-11)22-19(24)15-10-14(15)18(23)21-13-5-3-4-12(20)9-13/h3-9,14-15H,10H2,1-2H3,(H,21,23)(H,22,24). The monoisotopic (exact) mass is 342 g/mol. The molecule has 2 aromatic rings. The molecule has 0 bridgehead atoms. The number of hydrogen-bond donors (Lipinski definition) is 2. The molecule has 2 atom stereocenters. The second-order valence-corrected chi connectivity index (χ2v) is 6.14. The van der Waals surface area contributed by atoms with Gasteiger partial charge in [0.05, 0.1) is 24.6 Å². The highest BCUT2D eigenvalue weighted by Gasteiger charge is 2.48. The molecule has 1 aliphatic rings. The van der Waals surface area contributed by atoms with Crippen LogP contribution in [0.25, 0.3) is 0 Å². The van der Waals surface area contributed by atoms with E-state index in [-0.39, 0.29) is 11.8 Å². The summed E-state index contributed by atoms with van der Waals surface area (Å²) in [5, 5.41) is 5.46. The van der Waals surface area contributed by atoms with E-state index in [9.17, 15) is 14.0 Å². The lowest BCUT2D eigenvalue weighted by molar-refractivity contribution is -0.122. The summed E-state index contributed by atoms with van der Waals surface area (Å²) in [5.74, 6) is -1.14. The molecule has 2 N–H and O–H groups in total. The first kappa shape index (κ1) is 17.0. The Balaban J connectivity index is 1.60. The zero-order chi connectivity index (χ0) is 18.0. The summed E-state index contributed by atoms with van der Waals surface area (Å²) in [5.41, 5.74) is 1.97. The van der Waals surface area contributed by atoms with Crippen molar-refractivity contribution in [3.63, 3.8) is 0 Å². The Kier molecular flexibility index (Phi) is 4.70. The molecule has 0 aliphatic heterocycles. The predicted molar refractivity (Wildman–Crippen MR) is 93.0 cm³/mol. The molecule has 0 heterocycles. The van der Waals surface area contributed by atoms with Crippen LogP contribution in [-0.2, 0) is 9.59 Å². The van der Waals surface area contributed by atoms with Crippen LogP contribution in [0, 0.1) is 24.6 Å². The van der Waals surface area contributed by atoms with E-state index in [1.165, 1.54) is 25.3 Å². The molecular weight excluding hydrogens is 323 g/mol. The Labute approximate surface area is 145 Å². The molecule has 0 spiro atoms. The smallest absolute Gasteiger partial charge is 0.228 e. The average Bonchev–Trinajstić information content (AvgIpc) is 3.36. The Morgan fingerprint density at radius 1 is 1.08 bits per heavy atom. The third-order valence-electron chi connectivity index (χ3n) is 4.17. The zero-order valence-electron chi connectivity index (χ0n) is 14.0. The molecule has 6 heteroatoms. The summed E-state index contributed by atoms with van der Waals surface area (Å²) in [4.78, 5) is 24.6. The van der Waals surface area contributed by atoms with Gasteiger partial charge < -0.3 is 15.4 Å². The number of nitrogens with one attached hydrogen (secondary N) is 2. The van der Waals surface area contributed by atoms with Crippen molar-refractivity contribution in [1.29, 1.82) is 0 Å². The molecule has 1 aliphatic carbocycles. The minimum absolute atomic E-state index is 0.219. The minimum atomic E-state index is -0.422. The lowest BCUT2D eigenvalue weighted by Gasteiger charge is -2.11. The Bertz CT molecular complexity index is 822. The SMILES string of the molecule is COc1ccc(C)cc1NC(=O)C1CC1C(=O)Nc1cccc(F)c1. The van der Waals surface area contributed by atoms with Crippen LogP contribution in [-0.4, -0.2) is 18.9 Å². The van der Waals surface area contributed by atoms with Gasteiger partial charge in [-0.1, -0.05) is 12.1 Å². The molecule has 0 saturated heterocycles. The van der Waals surface area contributed by atoms with Crippen LogP contribution in [0.15, 0.2) is 42.5 Å². The van der Waals surface area contributed by atoms with Crippen molar-refractivity contribution < 1.29 is 18.7 Å². The number of carbonyl (C=O) groups excluding carboxylic acids is 2. The molecule has 5 nitrogen and oxygen atoms in total. The van der Waals surface area contributed by atoms with Crippen molar-refractivity contribution in [3.05, 3.63) is 53.8 Å². The first-order valence-corrected chi connectivity index (χ1v) is 8.00. The number of hydrogen-bond acceptors (Lipinski definition) is 3. The first-order chi connectivity index (χ1) is 12.0. The summed E-state index contributed by atoms with van der Waals surface area (Å²) in [6.45, 7) is 1.92. The van der Waals surface area contributed by atoms with E-state index in [1.807, 2.05) is 19.1 Å². The first-order valence-electron chi connectivity index (χ1n) is 8.00. The van der Waals surface area contributed by atoms with Crippen LogP contribution in [0.1, 0.15) is 12.0 Å². The highest BCUT2D eigenvalue weighted by molar-refractivity contribution is 6.03. The van der Waals surface area contributed by atoms with Gasteiger partial charge in [-0.25, -0.2) is 4.39 Å². The van der Waals surface area contributed by atoms with Crippen molar-refractivity contribution >= 4 is 23.2 Å². The van der Waals surface area contributed by atoms with E-state index in [0.717, 1.165) is 5.56 Å². The number of ether oxygens (including phenoxy) is 1. The summed E-state index contributed by atoms with van der Waals surface area (Å²) >= 11 is 0. The number of methoxy groups -OCH3 is 1. The van der Waals surface area contributed by atoms with Crippen LogP contribution >= 0.6 is 0 Å². The highest BCUT2D eigenvalue weighted by Crippen LogP contribution is 2.41. The number of amides is 2. The molecule has 2 amide bonds. The van der Waals surface area contributed by atoms with Gasteiger partial charge in [-0.3, -0.25) is 9.59 Å². The van der Waals surface area contributed by atoms with Crippen LogP contribution in [0.5, 0.6) is 5.75 Å². The van der Waals surface area contributed by atoms with Gasteiger partial charge in [0.1, 0.15) is 11.6 Å². The Morgan fingerprint density at radius 3 is 2.48 bits per heavy atom. The maximum Gasteiger partial charge on any atom is 0.228 e. The molecule has 2 aromatic carbocycles. The number of carbonyl (C=O) groups is 2. The maximum absolute atomic E-state index is 13.2. The van der Waals surface area contributed by atoms with E-state index < -0.39 is 17.7 Å². The van der Waals surface area contributed by atoms with Crippen molar-refractivity contribution in [2.24, 2.45) is 11.8 Å². The van der Waals surface area contributed by atoms with Crippen LogP contribution in [0.2, 0.25) is 0 Å². The summed E-state index contributed by atoms with van der Waals surface area (Å²) < 4.78 is 18.4. The Hall–Kier alpha value is -2.89. The van der Waals surface area contributed by atoms with Gasteiger partial charge in [0.15, 0.2) is 0 Å². The molecule has 2 unspecified atom stereocenters. The normalized spacial score (nSPS) is 18.4. The fourth-order valence-corrected chi connectivity index (χ4v) is 2.72. The highest BCUT2D eigenvalue weighted by atomic mass is 19.1. The van der Waals surface area contributed by atoms with E-state index >= 15 is 0 Å². The third-order valence-corrected chi connectivity index (χ3v) is 4.17. The Morgan fingerprint density at radius 2 is 1.80 bits per heavy atom. The molecule has 0 radical (unpaired) electrons. The minimum Gasteiger partial charge on any atom is -0.495 e. The molecule has 3 rings (SSSR count). The summed E-state index contributed by atoms with van der Waals surface area (Å²) in [7, 11) is 1.53. The molecular formula is C19H19FN2O3. The zero-order valence-corrected chi connectivity index (χ0v) is 14.0. The molecule has 1 fully saturated rings. The molecule has 130 valence electrons. The van der Waals surface area contributed by atoms with Crippen LogP contribution < -0.4 is 15.4 Å². The van der Waals surface area contributed by atoms with Crippen LogP contribution in [0.3, 0.4) is 0 Å². The third kappa shape index (κ3) is 3.96. The fourth-order valence-electron chi connectivity index (χ4n) is 2.72. The topological polar surface area (TPSA) is 67.4 Å². The van der Waals surface area contributed by atoms with Gasteiger partial charge in [-0.2, -0.15) is 0 Å². The van der Waals surface area contributed by atoms with Crippen LogP contribution in [0.4, 0.5) is 15.8 Å². The van der Waals surface area contributed by atoms with Crippen molar-refractivity contribution in [1.82, 2.24) is 0 Å². The van der Waals surface area contributed by atoms with Crippen molar-refractivity contribution in [2.75, 3.05) is 17.7 Å². The number of anilines is 2. The maximum atomic E-state index is 13.2. The second kappa shape index (κ2) is 6.93. The quantitative estimate of drug-likeness (QED) is 0.875.